The highest BCUT2D eigenvalue weighted by atomic mass is 32.1. The molecule has 0 radical (unpaired) electrons. The lowest BCUT2D eigenvalue weighted by Crippen LogP contribution is -2.34. The molecule has 0 saturated heterocycles. The van der Waals surface area contributed by atoms with Crippen molar-refractivity contribution < 1.29 is 9.90 Å². The first-order valence-electron chi connectivity index (χ1n) is 11.3. The summed E-state index contributed by atoms with van der Waals surface area (Å²) in [5, 5.41) is 12.5. The number of benzene rings is 2. The van der Waals surface area contributed by atoms with Gasteiger partial charge in [0.1, 0.15) is 10.4 Å². The van der Waals surface area contributed by atoms with Crippen molar-refractivity contribution in [2.75, 3.05) is 25.0 Å². The second-order valence-electron chi connectivity index (χ2n) is 8.22. The molecule has 1 aromatic heterocycles. The fourth-order valence-electron chi connectivity index (χ4n) is 4.12. The van der Waals surface area contributed by atoms with Gasteiger partial charge in [-0.05, 0) is 68.9 Å². The Hall–Kier alpha value is -3.16. The topological polar surface area (TPSA) is 74.6 Å². The number of phenols is 1. The van der Waals surface area contributed by atoms with Crippen LogP contribution in [-0.2, 0) is 11.3 Å². The fourth-order valence-corrected chi connectivity index (χ4v) is 5.31. The predicted octanol–water partition coefficient (Wildman–Crippen LogP) is 2.64. The van der Waals surface area contributed by atoms with Gasteiger partial charge in [0.25, 0.3) is 11.5 Å². The lowest BCUT2D eigenvalue weighted by atomic mass is 10.1. The molecule has 2 heterocycles. The summed E-state index contributed by atoms with van der Waals surface area (Å²) in [4.78, 5) is 28.8. The van der Waals surface area contributed by atoms with Crippen molar-refractivity contribution in [2.24, 2.45) is 0 Å². The highest BCUT2D eigenvalue weighted by molar-refractivity contribution is 7.07. The second kappa shape index (κ2) is 9.77. The van der Waals surface area contributed by atoms with Gasteiger partial charge in [-0.15, -0.1) is 11.3 Å². The van der Waals surface area contributed by atoms with Crippen LogP contribution in [0.3, 0.4) is 0 Å². The Morgan fingerprint density at radius 1 is 1.09 bits per heavy atom. The Morgan fingerprint density at radius 3 is 2.52 bits per heavy atom. The number of carbonyl (C=O) groups excluding carboxylic acids is 1. The molecule has 6 nitrogen and oxygen atoms in total. The van der Waals surface area contributed by atoms with E-state index in [2.05, 4.69) is 24.1 Å². The van der Waals surface area contributed by atoms with E-state index in [1.54, 1.807) is 28.8 Å². The van der Waals surface area contributed by atoms with Crippen LogP contribution in [0.1, 0.15) is 37.0 Å². The highest BCUT2D eigenvalue weighted by Gasteiger charge is 2.27. The molecule has 0 atom stereocenters. The minimum atomic E-state index is -0.175. The third kappa shape index (κ3) is 4.79. The number of hydrogen-bond donors (Lipinski definition) is 2. The van der Waals surface area contributed by atoms with Crippen LogP contribution in [-0.4, -0.2) is 40.1 Å². The molecule has 1 aliphatic rings. The third-order valence-corrected chi connectivity index (χ3v) is 7.11. The number of thiazole rings is 1. The molecule has 0 aliphatic carbocycles. The molecule has 33 heavy (non-hydrogen) atoms. The molecule has 7 heteroatoms. The number of aryl methyl sites for hydroxylation is 1. The molecule has 2 aromatic carbocycles. The van der Waals surface area contributed by atoms with E-state index in [4.69, 9.17) is 0 Å². The molecule has 1 aliphatic heterocycles. The predicted molar refractivity (Wildman–Crippen MR) is 134 cm³/mol. The van der Waals surface area contributed by atoms with Gasteiger partial charge in [-0.2, -0.15) is 0 Å². The van der Waals surface area contributed by atoms with E-state index < -0.39 is 0 Å². The van der Waals surface area contributed by atoms with E-state index in [0.29, 0.717) is 21.3 Å². The molecule has 172 valence electrons. The summed E-state index contributed by atoms with van der Waals surface area (Å²) in [6.07, 6.45) is 2.64. The van der Waals surface area contributed by atoms with Crippen molar-refractivity contribution in [1.82, 2.24) is 9.47 Å². The average Bonchev–Trinajstić information content (AvgIpc) is 3.28. The van der Waals surface area contributed by atoms with Crippen LogP contribution in [0, 0.1) is 6.92 Å². The first kappa shape index (κ1) is 23.0. The zero-order valence-electron chi connectivity index (χ0n) is 19.2. The molecule has 2 N–H and O–H groups in total. The van der Waals surface area contributed by atoms with E-state index in [9.17, 15) is 14.7 Å². The smallest absolute Gasteiger partial charge is 0.269 e. The fraction of sp³-hybridized carbons (Fsp3) is 0.308. The maximum Gasteiger partial charge on any atom is 0.269 e. The minimum absolute atomic E-state index is 0.0935. The summed E-state index contributed by atoms with van der Waals surface area (Å²) in [6.45, 7) is 9.63. The Bertz CT molecular complexity index is 1350. The van der Waals surface area contributed by atoms with Crippen molar-refractivity contribution in [2.45, 2.75) is 33.7 Å². The summed E-state index contributed by atoms with van der Waals surface area (Å²) < 4.78 is 3.01. The maximum atomic E-state index is 13.5. The lowest BCUT2D eigenvalue weighted by molar-refractivity contribution is -0.110. The quantitative estimate of drug-likeness (QED) is 0.565. The molecule has 3 aromatic rings. The minimum Gasteiger partial charge on any atom is -0.508 e. The number of carbonyl (C=O) groups is 1. The summed E-state index contributed by atoms with van der Waals surface area (Å²) in [5.41, 5.74) is 3.97. The second-order valence-corrected chi connectivity index (χ2v) is 9.25. The van der Waals surface area contributed by atoms with Crippen molar-refractivity contribution in [1.29, 1.82) is 0 Å². The van der Waals surface area contributed by atoms with Gasteiger partial charge in [-0.25, -0.2) is 0 Å². The van der Waals surface area contributed by atoms with Crippen LogP contribution in [0.4, 0.5) is 5.69 Å². The molecular weight excluding hydrogens is 434 g/mol. The van der Waals surface area contributed by atoms with E-state index in [-0.39, 0.29) is 17.2 Å². The monoisotopic (exact) mass is 463 g/mol. The zero-order valence-corrected chi connectivity index (χ0v) is 20.0. The third-order valence-electron chi connectivity index (χ3n) is 5.98. The van der Waals surface area contributed by atoms with Crippen molar-refractivity contribution in [3.05, 3.63) is 78.7 Å². The number of phenolic OH excluding ortho intramolecular Hbond substituents is 1. The van der Waals surface area contributed by atoms with E-state index in [0.717, 1.165) is 48.4 Å². The van der Waals surface area contributed by atoms with Crippen LogP contribution in [0.5, 0.6) is 5.75 Å². The van der Waals surface area contributed by atoms with E-state index >= 15 is 0 Å². The van der Waals surface area contributed by atoms with Gasteiger partial charge >= 0.3 is 0 Å². The van der Waals surface area contributed by atoms with Crippen LogP contribution < -0.4 is 20.1 Å². The number of anilines is 1. The Kier molecular flexibility index (Phi) is 6.81. The number of aromatic nitrogens is 1. The number of hydrogen-bond acceptors (Lipinski definition) is 5. The molecule has 0 saturated carbocycles. The molecule has 0 fully saturated rings. The van der Waals surface area contributed by atoms with Gasteiger partial charge in [-0.1, -0.05) is 37.6 Å². The first-order valence-corrected chi connectivity index (χ1v) is 12.1. The lowest BCUT2D eigenvalue weighted by Gasteiger charge is -2.17. The normalized spacial score (nSPS) is 15.3. The summed E-state index contributed by atoms with van der Waals surface area (Å²) >= 11 is 1.35. The van der Waals surface area contributed by atoms with Gasteiger partial charge in [-0.3, -0.25) is 14.2 Å². The Labute approximate surface area is 197 Å². The SMILES string of the molecule is CCN(CC)CCCn1c(=O)/c(=C/c2ccc(O)cc2)s/c1=C1/C(=O)Nc2ccc(C)cc21. The summed E-state index contributed by atoms with van der Waals surface area (Å²) in [7, 11) is 0. The number of rotatable bonds is 7. The first-order chi connectivity index (χ1) is 15.9. The molecule has 0 spiro atoms. The van der Waals surface area contributed by atoms with Gasteiger partial charge in [0.2, 0.25) is 0 Å². The largest absolute Gasteiger partial charge is 0.508 e. The average molecular weight is 464 g/mol. The van der Waals surface area contributed by atoms with Gasteiger partial charge < -0.3 is 15.3 Å². The molecular formula is C26H29N3O3S. The molecule has 0 unspecified atom stereocenters. The maximum absolute atomic E-state index is 13.5. The number of nitrogens with zero attached hydrogens (tertiary/aromatic N) is 2. The van der Waals surface area contributed by atoms with E-state index in [1.807, 2.05) is 31.2 Å². The number of nitrogens with one attached hydrogen (secondary N) is 1. The van der Waals surface area contributed by atoms with Gasteiger partial charge in [0.15, 0.2) is 0 Å². The molecule has 4 rings (SSSR count). The van der Waals surface area contributed by atoms with Crippen LogP contribution in [0.25, 0.3) is 11.6 Å². The summed E-state index contributed by atoms with van der Waals surface area (Å²) in [5.74, 6) is 0.00326. The number of amides is 1. The Morgan fingerprint density at radius 2 is 1.82 bits per heavy atom. The Balaban J connectivity index is 1.88. The molecule has 0 bridgehead atoms. The van der Waals surface area contributed by atoms with E-state index in [1.165, 1.54) is 11.3 Å². The zero-order chi connectivity index (χ0) is 23.5. The van der Waals surface area contributed by atoms with Crippen LogP contribution in [0.15, 0.2) is 47.3 Å². The van der Waals surface area contributed by atoms with Crippen LogP contribution >= 0.6 is 11.3 Å². The van der Waals surface area contributed by atoms with Gasteiger partial charge in [0, 0.05) is 17.8 Å². The van der Waals surface area contributed by atoms with Crippen molar-refractivity contribution >= 4 is 34.6 Å². The van der Waals surface area contributed by atoms with Crippen molar-refractivity contribution in [3.8, 4) is 5.75 Å². The van der Waals surface area contributed by atoms with Crippen LogP contribution in [0.2, 0.25) is 0 Å². The van der Waals surface area contributed by atoms with Gasteiger partial charge in [0.05, 0.1) is 10.1 Å². The highest BCUT2D eigenvalue weighted by Crippen LogP contribution is 2.30. The number of aromatic hydroxyl groups is 1. The summed E-state index contributed by atoms with van der Waals surface area (Å²) in [6, 6.07) is 12.6. The molecule has 1 amide bonds. The number of fused-ring (bicyclic) bond motifs is 1. The van der Waals surface area contributed by atoms with Crippen molar-refractivity contribution in [3.63, 3.8) is 0 Å². The standard InChI is InChI=1S/C26H29N3O3S/c1-4-28(5-2)13-6-14-29-25(32)22(16-18-8-10-19(30)11-9-18)33-26(29)23-20-15-17(3)7-12-21(20)27-24(23)31/h7-12,15-16,30H,4-6,13-14H2,1-3H3,(H,27,31)/b22-16-,26-23+.